The molecule has 6 heteroatoms. The maximum absolute atomic E-state index is 11.5. The molecule has 2 fully saturated rings. The smallest absolute Gasteiger partial charge is 0.407 e. The number of carbonyl (C=O) groups excluding carboxylic acids is 1. The van der Waals surface area contributed by atoms with Crippen molar-refractivity contribution < 1.29 is 19.4 Å². The summed E-state index contributed by atoms with van der Waals surface area (Å²) in [6.45, 7) is 1.47. The van der Waals surface area contributed by atoms with Crippen molar-refractivity contribution in [2.24, 2.45) is 0 Å². The molecule has 1 aromatic rings. The molecule has 118 valence electrons. The Kier molecular flexibility index (Phi) is 4.00. The summed E-state index contributed by atoms with van der Waals surface area (Å²) in [7, 11) is 0. The van der Waals surface area contributed by atoms with Crippen LogP contribution in [0.2, 0.25) is 5.02 Å². The quantitative estimate of drug-likeness (QED) is 0.863. The highest BCUT2D eigenvalue weighted by Gasteiger charge is 2.44. The molecule has 0 saturated carbocycles. The molecule has 1 N–H and O–H groups in total. The number of piperidine rings is 1. The van der Waals surface area contributed by atoms with Gasteiger partial charge in [0, 0.05) is 30.5 Å². The first-order chi connectivity index (χ1) is 10.5. The lowest BCUT2D eigenvalue weighted by molar-refractivity contribution is 0.0495. The fraction of sp³-hybridized carbons (Fsp3) is 0.500. The summed E-state index contributed by atoms with van der Waals surface area (Å²) < 4.78 is 5.98. The molecule has 2 aliphatic rings. The minimum absolute atomic E-state index is 0.0241. The van der Waals surface area contributed by atoms with E-state index in [1.54, 1.807) is 23.1 Å². The van der Waals surface area contributed by atoms with Crippen LogP contribution >= 0.6 is 11.6 Å². The fourth-order valence-corrected chi connectivity index (χ4v) is 3.89. The molecular formula is C16H18ClNO4. The van der Waals surface area contributed by atoms with Crippen molar-refractivity contribution in [3.05, 3.63) is 28.8 Å². The maximum atomic E-state index is 11.5. The third kappa shape index (κ3) is 2.65. The SMILES string of the molecule is CC(=O)c1cccc(O[C@H]2C[C@H]3CC[C@@H](C2)N3C(=O)O)c1Cl. The molecule has 1 amide bonds. The average Bonchev–Trinajstić information content (AvgIpc) is 2.73. The maximum Gasteiger partial charge on any atom is 0.407 e. The van der Waals surface area contributed by atoms with Gasteiger partial charge in [0.1, 0.15) is 11.9 Å². The van der Waals surface area contributed by atoms with E-state index in [9.17, 15) is 14.7 Å². The molecule has 22 heavy (non-hydrogen) atoms. The number of nitrogens with zero attached hydrogens (tertiary/aromatic N) is 1. The minimum atomic E-state index is -0.845. The van der Waals surface area contributed by atoms with Crippen LogP contribution in [0.4, 0.5) is 4.79 Å². The van der Waals surface area contributed by atoms with Crippen molar-refractivity contribution in [3.8, 4) is 5.75 Å². The molecule has 2 aliphatic heterocycles. The van der Waals surface area contributed by atoms with Gasteiger partial charge >= 0.3 is 6.09 Å². The van der Waals surface area contributed by atoms with Gasteiger partial charge in [0.2, 0.25) is 0 Å². The molecule has 2 heterocycles. The Morgan fingerprint density at radius 1 is 1.27 bits per heavy atom. The summed E-state index contributed by atoms with van der Waals surface area (Å²) in [4.78, 5) is 24.4. The van der Waals surface area contributed by atoms with Gasteiger partial charge < -0.3 is 14.7 Å². The molecule has 3 rings (SSSR count). The lowest BCUT2D eigenvalue weighted by Gasteiger charge is -2.37. The molecular weight excluding hydrogens is 306 g/mol. The van der Waals surface area contributed by atoms with Crippen LogP contribution in [0.5, 0.6) is 5.75 Å². The van der Waals surface area contributed by atoms with Gasteiger partial charge in [0.05, 0.1) is 5.02 Å². The molecule has 1 aromatic carbocycles. The summed E-state index contributed by atoms with van der Waals surface area (Å²) in [5.41, 5.74) is 0.449. The first-order valence-corrected chi connectivity index (χ1v) is 7.82. The van der Waals surface area contributed by atoms with E-state index in [2.05, 4.69) is 0 Å². The van der Waals surface area contributed by atoms with E-state index in [1.807, 2.05) is 0 Å². The van der Waals surface area contributed by atoms with Gasteiger partial charge in [0.25, 0.3) is 0 Å². The number of hydrogen-bond donors (Lipinski definition) is 1. The van der Waals surface area contributed by atoms with Gasteiger partial charge in [-0.25, -0.2) is 4.79 Å². The molecule has 3 atom stereocenters. The number of halogens is 1. The number of ketones is 1. The second-order valence-corrected chi connectivity index (χ2v) is 6.34. The largest absolute Gasteiger partial charge is 0.489 e. The fourth-order valence-electron chi connectivity index (χ4n) is 3.59. The van der Waals surface area contributed by atoms with Gasteiger partial charge in [0.15, 0.2) is 5.78 Å². The zero-order chi connectivity index (χ0) is 15.9. The van der Waals surface area contributed by atoms with E-state index in [0.717, 1.165) is 12.8 Å². The van der Waals surface area contributed by atoms with Crippen LogP contribution in [0.1, 0.15) is 43.0 Å². The van der Waals surface area contributed by atoms with Gasteiger partial charge in [-0.3, -0.25) is 4.79 Å². The highest BCUT2D eigenvalue weighted by Crippen LogP contribution is 2.38. The number of hydrogen-bond acceptors (Lipinski definition) is 3. The van der Waals surface area contributed by atoms with Crippen molar-refractivity contribution in [1.82, 2.24) is 4.90 Å². The molecule has 0 aromatic heterocycles. The van der Waals surface area contributed by atoms with E-state index in [4.69, 9.17) is 16.3 Å². The first kappa shape index (κ1) is 15.2. The van der Waals surface area contributed by atoms with E-state index in [-0.39, 0.29) is 24.0 Å². The van der Waals surface area contributed by atoms with E-state index < -0.39 is 6.09 Å². The predicted octanol–water partition coefficient (Wildman–Crippen LogP) is 3.59. The summed E-state index contributed by atoms with van der Waals surface area (Å²) in [5, 5.41) is 9.60. The molecule has 2 bridgehead atoms. The van der Waals surface area contributed by atoms with Crippen LogP contribution in [-0.4, -0.2) is 40.1 Å². The Hall–Kier alpha value is -1.75. The average molecular weight is 324 g/mol. The highest BCUT2D eigenvalue weighted by atomic mass is 35.5. The number of carbonyl (C=O) groups is 2. The zero-order valence-electron chi connectivity index (χ0n) is 12.3. The van der Waals surface area contributed by atoms with Crippen LogP contribution < -0.4 is 4.74 Å². The Labute approximate surface area is 133 Å². The van der Waals surface area contributed by atoms with Crippen molar-refractivity contribution >= 4 is 23.5 Å². The van der Waals surface area contributed by atoms with Crippen LogP contribution in [0.15, 0.2) is 18.2 Å². The summed E-state index contributed by atoms with van der Waals surface area (Å²) in [6.07, 6.45) is 2.21. The number of amides is 1. The van der Waals surface area contributed by atoms with Gasteiger partial charge in [-0.15, -0.1) is 0 Å². The highest BCUT2D eigenvalue weighted by molar-refractivity contribution is 6.35. The number of carboxylic acid groups (broad SMARTS) is 1. The van der Waals surface area contributed by atoms with Crippen molar-refractivity contribution in [2.75, 3.05) is 0 Å². The third-order valence-electron chi connectivity index (χ3n) is 4.55. The summed E-state index contributed by atoms with van der Waals surface area (Å²) in [6, 6.07) is 5.22. The first-order valence-electron chi connectivity index (χ1n) is 7.44. The molecule has 0 spiro atoms. The van der Waals surface area contributed by atoms with Gasteiger partial charge in [-0.2, -0.15) is 0 Å². The van der Waals surface area contributed by atoms with Crippen LogP contribution in [0.25, 0.3) is 0 Å². The van der Waals surface area contributed by atoms with E-state index in [1.165, 1.54) is 6.92 Å². The van der Waals surface area contributed by atoms with E-state index >= 15 is 0 Å². The Morgan fingerprint density at radius 2 is 1.91 bits per heavy atom. The van der Waals surface area contributed by atoms with Crippen LogP contribution in [-0.2, 0) is 0 Å². The summed E-state index contributed by atoms with van der Waals surface area (Å²) in [5.74, 6) is 0.402. The minimum Gasteiger partial charge on any atom is -0.489 e. The second-order valence-electron chi connectivity index (χ2n) is 5.96. The molecule has 0 unspecified atom stereocenters. The molecule has 0 radical (unpaired) electrons. The number of benzene rings is 1. The number of fused-ring (bicyclic) bond motifs is 2. The number of rotatable bonds is 3. The zero-order valence-corrected chi connectivity index (χ0v) is 13.0. The molecule has 2 saturated heterocycles. The summed E-state index contributed by atoms with van der Waals surface area (Å²) >= 11 is 6.24. The Bertz CT molecular complexity index is 604. The molecule has 0 aliphatic carbocycles. The van der Waals surface area contributed by atoms with E-state index in [0.29, 0.717) is 29.2 Å². The van der Waals surface area contributed by atoms with Crippen LogP contribution in [0, 0.1) is 0 Å². The Balaban J connectivity index is 1.75. The van der Waals surface area contributed by atoms with Crippen LogP contribution in [0.3, 0.4) is 0 Å². The van der Waals surface area contributed by atoms with Gasteiger partial charge in [-0.1, -0.05) is 17.7 Å². The standard InChI is InChI=1S/C16H18ClNO4/c1-9(19)13-3-2-4-14(15(13)17)22-12-7-10-5-6-11(8-12)18(10)16(20)21/h2-4,10-12H,5-8H2,1H3,(H,20,21)/t10-,11+,12+. The number of ether oxygens (including phenoxy) is 1. The number of Topliss-reactive ketones (excluding diaryl/α,β-unsaturated/α-hetero) is 1. The molecule has 5 nitrogen and oxygen atoms in total. The monoisotopic (exact) mass is 323 g/mol. The lowest BCUT2D eigenvalue weighted by atomic mass is 10.00. The van der Waals surface area contributed by atoms with Crippen molar-refractivity contribution in [1.29, 1.82) is 0 Å². The lowest BCUT2D eigenvalue weighted by Crippen LogP contribution is -2.48. The third-order valence-corrected chi connectivity index (χ3v) is 4.94. The Morgan fingerprint density at radius 3 is 2.45 bits per heavy atom. The second kappa shape index (κ2) is 5.80. The topological polar surface area (TPSA) is 66.8 Å². The van der Waals surface area contributed by atoms with Gasteiger partial charge in [-0.05, 0) is 31.9 Å². The van der Waals surface area contributed by atoms with Crippen molar-refractivity contribution in [3.63, 3.8) is 0 Å². The predicted molar refractivity (Wildman–Crippen MR) is 81.8 cm³/mol. The normalized spacial score (nSPS) is 26.8. The van der Waals surface area contributed by atoms with Crippen molar-refractivity contribution in [2.45, 2.75) is 50.8 Å².